The summed E-state index contributed by atoms with van der Waals surface area (Å²) >= 11 is 5.89. The average molecular weight is 438 g/mol. The first-order valence-corrected chi connectivity index (χ1v) is 9.85. The average Bonchev–Trinajstić information content (AvgIpc) is 3.34. The first-order valence-electron chi connectivity index (χ1n) is 7.99. The van der Waals surface area contributed by atoms with Crippen LogP contribution < -0.4 is 4.72 Å². The number of benzene rings is 1. The van der Waals surface area contributed by atoms with Gasteiger partial charge in [-0.05, 0) is 30.3 Å². The van der Waals surface area contributed by atoms with Crippen molar-refractivity contribution < 1.29 is 26.4 Å². The third-order valence-electron chi connectivity index (χ3n) is 4.06. The summed E-state index contributed by atoms with van der Waals surface area (Å²) in [6, 6.07) is 5.57. The molecule has 2 N–H and O–H groups in total. The van der Waals surface area contributed by atoms with Crippen LogP contribution in [0, 0.1) is 11.6 Å². The molecule has 1 aromatic carbocycles. The molecule has 0 aliphatic carbocycles. The van der Waals surface area contributed by atoms with E-state index in [0.29, 0.717) is 5.65 Å². The molecule has 0 aliphatic rings. The van der Waals surface area contributed by atoms with Gasteiger partial charge in [-0.2, -0.15) is 8.42 Å². The lowest BCUT2D eigenvalue weighted by atomic mass is 10.0. The maximum Gasteiger partial charge on any atom is 0.295 e. The first kappa shape index (κ1) is 19.1. The summed E-state index contributed by atoms with van der Waals surface area (Å²) in [7, 11) is -4.27. The van der Waals surface area contributed by atoms with Crippen molar-refractivity contribution in [2.45, 2.75) is 5.09 Å². The number of nitrogens with one attached hydrogen (secondary N) is 2. The number of carbonyl (C=O) groups excluding carboxylic acids is 1. The largest absolute Gasteiger partial charge is 0.451 e. The monoisotopic (exact) mass is 437 g/mol. The summed E-state index contributed by atoms with van der Waals surface area (Å²) in [4.78, 5) is 19.6. The van der Waals surface area contributed by atoms with Crippen molar-refractivity contribution in [3.05, 3.63) is 76.8 Å². The zero-order chi connectivity index (χ0) is 20.8. The minimum Gasteiger partial charge on any atom is -0.451 e. The lowest BCUT2D eigenvalue weighted by Crippen LogP contribution is -2.16. The topological polar surface area (TPSA) is 105 Å². The lowest BCUT2D eigenvalue weighted by Gasteiger charge is -2.10. The van der Waals surface area contributed by atoms with E-state index in [2.05, 4.69) is 9.97 Å². The van der Waals surface area contributed by atoms with Crippen molar-refractivity contribution in [2.24, 2.45) is 0 Å². The van der Waals surface area contributed by atoms with Gasteiger partial charge in [-0.1, -0.05) is 11.6 Å². The number of carbonyl (C=O) groups is 1. The summed E-state index contributed by atoms with van der Waals surface area (Å²) in [5.41, 5.74) is -1.31. The highest BCUT2D eigenvalue weighted by Crippen LogP contribution is 2.29. The fraction of sp³-hybridized carbons (Fsp3) is 0. The molecule has 3 heterocycles. The molecule has 0 unspecified atom stereocenters. The van der Waals surface area contributed by atoms with Gasteiger partial charge in [-0.15, -0.1) is 0 Å². The van der Waals surface area contributed by atoms with E-state index in [0.717, 1.165) is 24.5 Å². The van der Waals surface area contributed by atoms with Crippen molar-refractivity contribution in [3.8, 4) is 0 Å². The number of rotatable bonds is 5. The predicted molar refractivity (Wildman–Crippen MR) is 100 cm³/mol. The summed E-state index contributed by atoms with van der Waals surface area (Å²) in [5.74, 6) is -3.53. The quantitative estimate of drug-likeness (QED) is 0.457. The number of aromatic nitrogens is 2. The van der Waals surface area contributed by atoms with Crippen molar-refractivity contribution in [1.82, 2.24) is 9.97 Å². The van der Waals surface area contributed by atoms with Crippen molar-refractivity contribution in [3.63, 3.8) is 0 Å². The number of anilines is 1. The van der Waals surface area contributed by atoms with E-state index >= 15 is 0 Å². The Kier molecular flexibility index (Phi) is 4.59. The Morgan fingerprint density at radius 3 is 2.76 bits per heavy atom. The highest BCUT2D eigenvalue weighted by molar-refractivity contribution is 7.92. The number of hydrogen-bond donors (Lipinski definition) is 2. The molecule has 11 heteroatoms. The molecule has 0 fully saturated rings. The third-order valence-corrected chi connectivity index (χ3v) is 5.52. The minimum atomic E-state index is -4.27. The molecule has 7 nitrogen and oxygen atoms in total. The van der Waals surface area contributed by atoms with Gasteiger partial charge in [-0.25, -0.2) is 13.8 Å². The summed E-state index contributed by atoms with van der Waals surface area (Å²) in [6.45, 7) is 0. The predicted octanol–water partition coefficient (Wildman–Crippen LogP) is 4.12. The van der Waals surface area contributed by atoms with Gasteiger partial charge in [0.25, 0.3) is 10.0 Å². The van der Waals surface area contributed by atoms with Gasteiger partial charge in [0, 0.05) is 23.3 Å². The number of hydrogen-bond acceptors (Lipinski definition) is 5. The molecule has 29 heavy (non-hydrogen) atoms. The van der Waals surface area contributed by atoms with Crippen LogP contribution in [0.2, 0.25) is 5.02 Å². The number of halogens is 3. The van der Waals surface area contributed by atoms with Crippen LogP contribution in [0.25, 0.3) is 11.0 Å². The molecule has 0 spiro atoms. The zero-order valence-corrected chi connectivity index (χ0v) is 15.8. The fourth-order valence-electron chi connectivity index (χ4n) is 2.75. The Morgan fingerprint density at radius 2 is 2.03 bits per heavy atom. The molecule has 0 saturated carbocycles. The fourth-order valence-corrected chi connectivity index (χ4v) is 3.90. The Bertz CT molecular complexity index is 1350. The van der Waals surface area contributed by atoms with E-state index in [1.54, 1.807) is 0 Å². The Labute approximate surface area is 167 Å². The van der Waals surface area contributed by atoms with Crippen LogP contribution in [-0.2, 0) is 10.0 Å². The number of sulfonamides is 1. The molecule has 0 atom stereocenters. The maximum absolute atomic E-state index is 15.0. The molecule has 148 valence electrons. The Morgan fingerprint density at radius 1 is 1.24 bits per heavy atom. The molecule has 0 aliphatic heterocycles. The molecule has 0 saturated heterocycles. The number of H-pyrrole nitrogens is 1. The van der Waals surface area contributed by atoms with Crippen molar-refractivity contribution >= 4 is 44.1 Å². The van der Waals surface area contributed by atoms with Gasteiger partial charge in [0.15, 0.2) is 5.82 Å². The van der Waals surface area contributed by atoms with Crippen LogP contribution in [0.3, 0.4) is 0 Å². The van der Waals surface area contributed by atoms with Crippen molar-refractivity contribution in [2.75, 3.05) is 4.72 Å². The Balaban J connectivity index is 1.79. The SMILES string of the molecule is O=C(c1c(F)ccc(NS(=O)(=O)c2ccco2)c1F)c1c[nH]c2ncc(Cl)cc12. The Hall–Kier alpha value is -3.24. The van der Waals surface area contributed by atoms with Crippen LogP contribution in [-0.4, -0.2) is 24.2 Å². The maximum atomic E-state index is 15.0. The van der Waals surface area contributed by atoms with Crippen LogP contribution in [0.4, 0.5) is 14.5 Å². The number of pyridine rings is 1. The van der Waals surface area contributed by atoms with Crippen LogP contribution in [0.15, 0.2) is 58.5 Å². The van der Waals surface area contributed by atoms with Gasteiger partial charge >= 0.3 is 0 Å². The molecule has 0 bridgehead atoms. The lowest BCUT2D eigenvalue weighted by molar-refractivity contribution is 0.103. The van der Waals surface area contributed by atoms with Crippen molar-refractivity contribution in [1.29, 1.82) is 0 Å². The van der Waals surface area contributed by atoms with E-state index in [1.165, 1.54) is 24.5 Å². The van der Waals surface area contributed by atoms with Gasteiger partial charge in [0.05, 0.1) is 22.5 Å². The van der Waals surface area contributed by atoms with Gasteiger partial charge in [0.1, 0.15) is 11.5 Å². The van der Waals surface area contributed by atoms with E-state index in [1.807, 2.05) is 4.72 Å². The smallest absolute Gasteiger partial charge is 0.295 e. The molecule has 4 rings (SSSR count). The minimum absolute atomic E-state index is 0.0705. The second-order valence-corrected chi connectivity index (χ2v) is 7.95. The summed E-state index contributed by atoms with van der Waals surface area (Å²) < 4.78 is 60.5. The van der Waals surface area contributed by atoms with Gasteiger partial charge in [0.2, 0.25) is 10.9 Å². The van der Waals surface area contributed by atoms with E-state index in [9.17, 15) is 22.0 Å². The number of aromatic amines is 1. The van der Waals surface area contributed by atoms with E-state index < -0.39 is 43.8 Å². The summed E-state index contributed by atoms with van der Waals surface area (Å²) in [5, 5.41) is 0.0290. The normalized spacial score (nSPS) is 11.7. The molecule has 0 amide bonds. The standard InChI is InChI=1S/C18H10ClF2N3O4S/c19-9-6-10-11(8-23-18(10)22-7-9)17(25)15-12(20)3-4-13(16(15)21)24-29(26,27)14-2-1-5-28-14/h1-8,24H,(H,22,23). The third kappa shape index (κ3) is 3.36. The van der Waals surface area contributed by atoms with Crippen LogP contribution in [0.5, 0.6) is 0 Å². The van der Waals surface area contributed by atoms with E-state index in [-0.39, 0.29) is 16.0 Å². The molecule has 4 aromatic rings. The van der Waals surface area contributed by atoms with Gasteiger partial charge < -0.3 is 9.40 Å². The molecular formula is C18H10ClF2N3O4S. The van der Waals surface area contributed by atoms with Crippen LogP contribution >= 0.6 is 11.6 Å². The molecule has 3 aromatic heterocycles. The second kappa shape index (κ2) is 6.98. The number of fused-ring (bicyclic) bond motifs is 1. The number of furan rings is 1. The highest BCUT2D eigenvalue weighted by atomic mass is 35.5. The highest BCUT2D eigenvalue weighted by Gasteiger charge is 2.27. The number of ketones is 1. The first-order chi connectivity index (χ1) is 13.8. The van der Waals surface area contributed by atoms with Crippen LogP contribution in [0.1, 0.15) is 15.9 Å². The zero-order valence-electron chi connectivity index (χ0n) is 14.2. The molecule has 0 radical (unpaired) electrons. The second-order valence-electron chi connectivity index (χ2n) is 5.90. The molecular weight excluding hydrogens is 428 g/mol. The van der Waals surface area contributed by atoms with E-state index in [4.69, 9.17) is 16.0 Å². The number of nitrogens with zero attached hydrogens (tertiary/aromatic N) is 1. The van der Waals surface area contributed by atoms with Gasteiger partial charge in [-0.3, -0.25) is 9.52 Å². The summed E-state index contributed by atoms with van der Waals surface area (Å²) in [6.07, 6.45) is 3.72.